The minimum absolute atomic E-state index is 0.00150. The fourth-order valence-electron chi connectivity index (χ4n) is 1.88. The van der Waals surface area contributed by atoms with Gasteiger partial charge in [0.15, 0.2) is 0 Å². The smallest absolute Gasteiger partial charge is 0.271 e. The van der Waals surface area contributed by atoms with E-state index in [1.165, 1.54) is 12.1 Å². The molecule has 0 fully saturated rings. The van der Waals surface area contributed by atoms with Crippen LogP contribution in [0.4, 0.5) is 11.4 Å². The van der Waals surface area contributed by atoms with Crippen LogP contribution in [-0.4, -0.2) is 36.7 Å². The van der Waals surface area contributed by atoms with E-state index in [2.05, 4.69) is 0 Å². The summed E-state index contributed by atoms with van der Waals surface area (Å²) in [5, 5.41) is 10.8. The van der Waals surface area contributed by atoms with Crippen LogP contribution in [0.25, 0.3) is 0 Å². The Morgan fingerprint density at radius 3 is 2.60 bits per heavy atom. The Morgan fingerprint density at radius 1 is 1.35 bits per heavy atom. The van der Waals surface area contributed by atoms with Gasteiger partial charge in [0.05, 0.1) is 10.7 Å². The maximum Gasteiger partial charge on any atom is 0.271 e. The first-order chi connectivity index (χ1) is 9.33. The average molecular weight is 302 g/mol. The number of rotatable bonds is 8. The Kier molecular flexibility index (Phi) is 5.90. The second-order valence-corrected chi connectivity index (χ2v) is 5.98. The maximum absolute atomic E-state index is 10.8. The molecule has 8 heteroatoms. The van der Waals surface area contributed by atoms with Crippen molar-refractivity contribution in [1.82, 2.24) is 0 Å². The van der Waals surface area contributed by atoms with E-state index in [-0.39, 0.29) is 17.9 Å². The summed E-state index contributed by atoms with van der Waals surface area (Å²) in [6.45, 7) is 3.04. The zero-order chi connectivity index (χ0) is 15.2. The Morgan fingerprint density at radius 2 is 2.05 bits per heavy atom. The topological polar surface area (TPSA) is 101 Å². The third-order valence-electron chi connectivity index (χ3n) is 2.73. The standard InChI is InChI=1S/C12H18N2O5S/c1-2-7-13(8-4-9-20(17,18)19)11-5-3-6-12(10-11)14(15)16/h3,5-6,10H,2,4,7-9H2,1H3,(H,17,18,19). The number of nitro groups is 1. The second-order valence-electron chi connectivity index (χ2n) is 4.40. The van der Waals surface area contributed by atoms with Crippen molar-refractivity contribution in [2.24, 2.45) is 0 Å². The van der Waals surface area contributed by atoms with E-state index in [9.17, 15) is 18.5 Å². The van der Waals surface area contributed by atoms with Gasteiger partial charge in [0.25, 0.3) is 15.8 Å². The molecule has 0 saturated heterocycles. The predicted octanol–water partition coefficient (Wildman–Crippen LogP) is 2.09. The molecule has 0 aliphatic heterocycles. The highest BCUT2D eigenvalue weighted by Crippen LogP contribution is 2.21. The first kappa shape index (κ1) is 16.4. The van der Waals surface area contributed by atoms with E-state index in [4.69, 9.17) is 4.55 Å². The zero-order valence-corrected chi connectivity index (χ0v) is 12.0. The molecule has 0 amide bonds. The van der Waals surface area contributed by atoms with Gasteiger partial charge in [-0.3, -0.25) is 14.7 Å². The second kappa shape index (κ2) is 7.20. The van der Waals surface area contributed by atoms with Gasteiger partial charge in [0.1, 0.15) is 0 Å². The summed E-state index contributed by atoms with van der Waals surface area (Å²) < 4.78 is 30.1. The van der Waals surface area contributed by atoms with Crippen LogP contribution in [0.15, 0.2) is 24.3 Å². The fourth-order valence-corrected chi connectivity index (χ4v) is 2.37. The molecule has 1 rings (SSSR count). The van der Waals surface area contributed by atoms with E-state index in [0.29, 0.717) is 18.8 Å². The van der Waals surface area contributed by atoms with Crippen LogP contribution in [0, 0.1) is 10.1 Å². The number of nitrogens with zero attached hydrogens (tertiary/aromatic N) is 2. The molecule has 0 spiro atoms. The predicted molar refractivity (Wildman–Crippen MR) is 76.6 cm³/mol. The molecule has 0 aromatic heterocycles. The number of nitro benzene ring substituents is 1. The Bertz CT molecular complexity index is 559. The van der Waals surface area contributed by atoms with Crippen LogP contribution in [0.3, 0.4) is 0 Å². The number of non-ortho nitro benzene ring substituents is 1. The first-order valence-electron chi connectivity index (χ1n) is 6.28. The number of hydrogen-bond acceptors (Lipinski definition) is 5. The Hall–Kier alpha value is -1.67. The van der Waals surface area contributed by atoms with Gasteiger partial charge in [-0.2, -0.15) is 8.42 Å². The fraction of sp³-hybridized carbons (Fsp3) is 0.500. The van der Waals surface area contributed by atoms with Gasteiger partial charge in [-0.25, -0.2) is 0 Å². The van der Waals surface area contributed by atoms with E-state index in [0.717, 1.165) is 6.42 Å². The van der Waals surface area contributed by atoms with Crippen molar-refractivity contribution in [2.75, 3.05) is 23.7 Å². The number of hydrogen-bond donors (Lipinski definition) is 1. The van der Waals surface area contributed by atoms with E-state index < -0.39 is 15.0 Å². The molecule has 0 radical (unpaired) electrons. The molecule has 0 aliphatic rings. The Labute approximate surface area is 118 Å². The van der Waals surface area contributed by atoms with Crippen LogP contribution in [-0.2, 0) is 10.1 Å². The molecule has 20 heavy (non-hydrogen) atoms. The minimum Gasteiger partial charge on any atom is -0.371 e. The summed E-state index contributed by atoms with van der Waals surface area (Å²) in [6, 6.07) is 6.21. The maximum atomic E-state index is 10.8. The first-order valence-corrected chi connectivity index (χ1v) is 7.89. The molecule has 0 heterocycles. The van der Waals surface area contributed by atoms with Crippen molar-refractivity contribution in [3.8, 4) is 0 Å². The molecule has 0 saturated carbocycles. The summed E-state index contributed by atoms with van der Waals surface area (Å²) in [4.78, 5) is 12.2. The molecular weight excluding hydrogens is 284 g/mol. The van der Waals surface area contributed by atoms with Crippen molar-refractivity contribution in [3.05, 3.63) is 34.4 Å². The molecule has 0 bridgehead atoms. The molecule has 1 N–H and O–H groups in total. The van der Waals surface area contributed by atoms with Crippen LogP contribution in [0.5, 0.6) is 0 Å². The normalized spacial score (nSPS) is 11.3. The zero-order valence-electron chi connectivity index (χ0n) is 11.2. The third kappa shape index (κ3) is 5.54. The summed E-state index contributed by atoms with van der Waals surface area (Å²) >= 11 is 0. The van der Waals surface area contributed by atoms with Gasteiger partial charge in [-0.15, -0.1) is 0 Å². The highest BCUT2D eigenvalue weighted by Gasteiger charge is 2.12. The molecule has 0 unspecified atom stereocenters. The molecule has 0 aliphatic carbocycles. The molecule has 112 valence electrons. The highest BCUT2D eigenvalue weighted by atomic mass is 32.2. The molecular formula is C12H18N2O5S. The van der Waals surface area contributed by atoms with Crippen molar-refractivity contribution in [2.45, 2.75) is 19.8 Å². The van der Waals surface area contributed by atoms with Gasteiger partial charge in [0, 0.05) is 30.9 Å². The van der Waals surface area contributed by atoms with Crippen molar-refractivity contribution >= 4 is 21.5 Å². The van der Waals surface area contributed by atoms with Crippen LogP contribution >= 0.6 is 0 Å². The molecule has 1 aromatic carbocycles. The van der Waals surface area contributed by atoms with Gasteiger partial charge in [-0.1, -0.05) is 13.0 Å². The van der Waals surface area contributed by atoms with Crippen LogP contribution in [0.1, 0.15) is 19.8 Å². The van der Waals surface area contributed by atoms with Crippen LogP contribution in [0.2, 0.25) is 0 Å². The highest BCUT2D eigenvalue weighted by molar-refractivity contribution is 7.85. The van der Waals surface area contributed by atoms with Gasteiger partial charge >= 0.3 is 0 Å². The Balaban J connectivity index is 2.79. The van der Waals surface area contributed by atoms with E-state index in [1.807, 2.05) is 11.8 Å². The summed E-state index contributed by atoms with van der Waals surface area (Å²) in [6.07, 6.45) is 1.09. The van der Waals surface area contributed by atoms with Gasteiger partial charge in [-0.05, 0) is 18.9 Å². The number of anilines is 1. The van der Waals surface area contributed by atoms with E-state index >= 15 is 0 Å². The quantitative estimate of drug-likeness (QED) is 0.448. The lowest BCUT2D eigenvalue weighted by molar-refractivity contribution is -0.384. The van der Waals surface area contributed by atoms with Crippen LogP contribution < -0.4 is 4.90 Å². The monoisotopic (exact) mass is 302 g/mol. The average Bonchev–Trinajstić information content (AvgIpc) is 2.36. The lowest BCUT2D eigenvalue weighted by Gasteiger charge is -2.23. The third-order valence-corrected chi connectivity index (χ3v) is 3.53. The minimum atomic E-state index is -3.97. The van der Waals surface area contributed by atoms with Crippen molar-refractivity contribution in [3.63, 3.8) is 0 Å². The summed E-state index contributed by atoms with van der Waals surface area (Å²) in [5.74, 6) is -0.317. The summed E-state index contributed by atoms with van der Waals surface area (Å²) in [5.41, 5.74) is 0.676. The SMILES string of the molecule is CCCN(CCCS(=O)(=O)O)c1cccc([N+](=O)[O-])c1. The largest absolute Gasteiger partial charge is 0.371 e. The van der Waals surface area contributed by atoms with Gasteiger partial charge < -0.3 is 4.90 Å². The van der Waals surface area contributed by atoms with E-state index in [1.54, 1.807) is 12.1 Å². The van der Waals surface area contributed by atoms with Crippen molar-refractivity contribution in [1.29, 1.82) is 0 Å². The van der Waals surface area contributed by atoms with Gasteiger partial charge in [0.2, 0.25) is 0 Å². The molecule has 7 nitrogen and oxygen atoms in total. The summed E-state index contributed by atoms with van der Waals surface area (Å²) in [7, 11) is -3.97. The lowest BCUT2D eigenvalue weighted by Crippen LogP contribution is -2.26. The lowest BCUT2D eigenvalue weighted by atomic mass is 10.2. The molecule has 0 atom stereocenters. The van der Waals surface area contributed by atoms with Crippen molar-refractivity contribution < 1.29 is 17.9 Å². The molecule has 1 aromatic rings. The number of benzene rings is 1.